The van der Waals surface area contributed by atoms with E-state index in [9.17, 15) is 25.5 Å². The second-order valence-electron chi connectivity index (χ2n) is 18.3. The average Bonchev–Trinajstić information content (AvgIpc) is 3.45. The second kappa shape index (κ2) is 9.00. The Labute approximate surface area is 262 Å². The minimum Gasteiger partial charge on any atom is -0.388 e. The van der Waals surface area contributed by atoms with Gasteiger partial charge in [0.25, 0.3) is 0 Å². The quantitative estimate of drug-likeness (QED) is 0.301. The highest BCUT2D eigenvalue weighted by molar-refractivity contribution is 5.34. The molecule has 3 spiro atoms. The highest BCUT2D eigenvalue weighted by atomic mass is 16.8. The van der Waals surface area contributed by atoms with Gasteiger partial charge in [-0.25, -0.2) is 0 Å². The predicted octanol–water partition coefficient (Wildman–Crippen LogP) is 3.12. The maximum atomic E-state index is 12.7. The lowest BCUT2D eigenvalue weighted by molar-refractivity contribution is -0.303. The second-order valence-corrected chi connectivity index (χ2v) is 18.3. The van der Waals surface area contributed by atoms with Crippen LogP contribution in [0.25, 0.3) is 0 Å². The normalized spacial score (nSPS) is 62.2. The molecule has 3 aliphatic heterocycles. The smallest absolute Gasteiger partial charge is 0.199 e. The highest BCUT2D eigenvalue weighted by Gasteiger charge is 2.88. The SMILES string of the molecule is C[C@@H]1C[C@H]2O[C@@]3(O[C@@H]2C(C)(C)O)[C@@H](O)[C@@]2(C)[C@H]4CC[C@@H]5C(C)(C)[C@@H](O[C@H]6OC[C@H](O)[C@@H](O)[C@@H]6O)CC[C@@]56C[C@@]46CC[C@]2(C)[C@H]13. The third kappa shape index (κ3) is 3.38. The molecule has 5 aliphatic carbocycles. The van der Waals surface area contributed by atoms with Gasteiger partial charge in [0.15, 0.2) is 12.1 Å². The highest BCUT2D eigenvalue weighted by Crippen LogP contribution is 2.90. The number of aliphatic hydroxyl groups is 5. The van der Waals surface area contributed by atoms with E-state index in [1.54, 1.807) is 13.8 Å². The molecule has 0 unspecified atom stereocenters. The van der Waals surface area contributed by atoms with Crippen molar-refractivity contribution in [3.05, 3.63) is 0 Å². The van der Waals surface area contributed by atoms with Crippen LogP contribution in [0.2, 0.25) is 0 Å². The topological polar surface area (TPSA) is 138 Å². The summed E-state index contributed by atoms with van der Waals surface area (Å²) >= 11 is 0. The van der Waals surface area contributed by atoms with E-state index in [-0.39, 0.29) is 51.8 Å². The summed E-state index contributed by atoms with van der Waals surface area (Å²) in [5.41, 5.74) is -1.39. The number of hydrogen-bond donors (Lipinski definition) is 5. The van der Waals surface area contributed by atoms with Crippen LogP contribution < -0.4 is 0 Å². The molecule has 0 aromatic carbocycles. The van der Waals surface area contributed by atoms with E-state index in [4.69, 9.17) is 18.9 Å². The Kier molecular flexibility index (Phi) is 6.33. The molecule has 0 radical (unpaired) electrons. The fraction of sp³-hybridized carbons (Fsp3) is 1.00. The molecule has 2 bridgehead atoms. The molecule has 250 valence electrons. The maximum Gasteiger partial charge on any atom is 0.199 e. The van der Waals surface area contributed by atoms with Crippen LogP contribution in [-0.4, -0.2) is 92.5 Å². The van der Waals surface area contributed by atoms with Crippen molar-refractivity contribution in [1.82, 2.24) is 0 Å². The first-order valence-corrected chi connectivity index (χ1v) is 17.5. The van der Waals surface area contributed by atoms with Crippen LogP contribution in [0.4, 0.5) is 0 Å². The zero-order valence-corrected chi connectivity index (χ0v) is 27.7. The van der Waals surface area contributed by atoms with Crippen LogP contribution in [0.5, 0.6) is 0 Å². The molecule has 17 atom stereocenters. The van der Waals surface area contributed by atoms with E-state index in [0.717, 1.165) is 44.9 Å². The molecular weight excluding hydrogens is 564 g/mol. The molecule has 3 saturated heterocycles. The fourth-order valence-corrected chi connectivity index (χ4v) is 14.0. The van der Waals surface area contributed by atoms with Crippen molar-refractivity contribution < 1.29 is 44.5 Å². The molecule has 0 aromatic heterocycles. The van der Waals surface area contributed by atoms with Crippen molar-refractivity contribution in [2.75, 3.05) is 6.61 Å². The van der Waals surface area contributed by atoms with E-state index in [1.165, 1.54) is 6.42 Å². The lowest BCUT2D eigenvalue weighted by atomic mass is 9.41. The molecule has 8 fully saturated rings. The van der Waals surface area contributed by atoms with Gasteiger partial charge in [-0.2, -0.15) is 0 Å². The first kappa shape index (κ1) is 30.9. The van der Waals surface area contributed by atoms with Gasteiger partial charge in [0, 0.05) is 11.3 Å². The number of hydrogen-bond acceptors (Lipinski definition) is 9. The fourth-order valence-electron chi connectivity index (χ4n) is 14.0. The third-order valence-corrected chi connectivity index (χ3v) is 15.9. The van der Waals surface area contributed by atoms with Gasteiger partial charge in [0.1, 0.15) is 30.5 Å². The molecule has 9 nitrogen and oxygen atoms in total. The van der Waals surface area contributed by atoms with E-state index in [1.807, 2.05) is 0 Å². The van der Waals surface area contributed by atoms with Gasteiger partial charge in [-0.15, -0.1) is 0 Å². The summed E-state index contributed by atoms with van der Waals surface area (Å²) in [4.78, 5) is 0. The van der Waals surface area contributed by atoms with Crippen LogP contribution in [-0.2, 0) is 18.9 Å². The van der Waals surface area contributed by atoms with E-state index in [2.05, 4.69) is 34.6 Å². The third-order valence-electron chi connectivity index (χ3n) is 15.9. The van der Waals surface area contributed by atoms with Crippen molar-refractivity contribution in [3.63, 3.8) is 0 Å². The zero-order valence-electron chi connectivity index (χ0n) is 27.7. The number of ether oxygens (including phenoxy) is 4. The Hall–Kier alpha value is -0.360. The molecular formula is C35H56O9. The number of rotatable bonds is 3. The molecule has 5 saturated carbocycles. The minimum absolute atomic E-state index is 0.0559. The summed E-state index contributed by atoms with van der Waals surface area (Å²) in [5.74, 6) is 0.108. The predicted molar refractivity (Wildman–Crippen MR) is 159 cm³/mol. The Morgan fingerprint density at radius 2 is 1.52 bits per heavy atom. The van der Waals surface area contributed by atoms with Gasteiger partial charge in [-0.3, -0.25) is 0 Å². The van der Waals surface area contributed by atoms with Crippen molar-refractivity contribution in [2.24, 2.45) is 50.7 Å². The Morgan fingerprint density at radius 3 is 2.23 bits per heavy atom. The van der Waals surface area contributed by atoms with Crippen molar-refractivity contribution in [1.29, 1.82) is 0 Å². The number of aliphatic hydroxyl groups excluding tert-OH is 4. The van der Waals surface area contributed by atoms with Crippen LogP contribution in [0.15, 0.2) is 0 Å². The van der Waals surface area contributed by atoms with Crippen LogP contribution in [0, 0.1) is 50.7 Å². The molecule has 44 heavy (non-hydrogen) atoms. The summed E-state index contributed by atoms with van der Waals surface area (Å²) in [6.07, 6.45) is 2.00. The molecule has 8 rings (SSSR count). The lowest BCUT2D eigenvalue weighted by Gasteiger charge is -2.63. The molecule has 5 N–H and O–H groups in total. The molecule has 9 heteroatoms. The largest absolute Gasteiger partial charge is 0.388 e. The van der Waals surface area contributed by atoms with Crippen LogP contribution in [0.1, 0.15) is 99.8 Å². The molecule has 0 aromatic rings. The Balaban J connectivity index is 1.10. The van der Waals surface area contributed by atoms with Gasteiger partial charge in [0.2, 0.25) is 0 Å². The summed E-state index contributed by atoms with van der Waals surface area (Å²) in [7, 11) is 0. The van der Waals surface area contributed by atoms with Gasteiger partial charge < -0.3 is 44.5 Å². The molecule has 8 aliphatic rings. The van der Waals surface area contributed by atoms with E-state index in [0.29, 0.717) is 17.8 Å². The van der Waals surface area contributed by atoms with Gasteiger partial charge in [0.05, 0.1) is 24.4 Å². The van der Waals surface area contributed by atoms with E-state index >= 15 is 0 Å². The van der Waals surface area contributed by atoms with Crippen molar-refractivity contribution in [2.45, 2.75) is 160 Å². The Morgan fingerprint density at radius 1 is 0.841 bits per heavy atom. The van der Waals surface area contributed by atoms with E-state index < -0.39 is 48.2 Å². The average molecular weight is 621 g/mol. The monoisotopic (exact) mass is 620 g/mol. The molecule has 0 amide bonds. The summed E-state index contributed by atoms with van der Waals surface area (Å²) in [6, 6.07) is 0. The van der Waals surface area contributed by atoms with Crippen molar-refractivity contribution >= 4 is 0 Å². The number of fused-ring (bicyclic) bond motifs is 4. The standard InChI is InChI=1S/C35H56O9/c1-17-14-19-26(30(4,5)40)44-35(43-19)25(17)31(6)12-13-34-16-33(34)11-10-22(42-27-24(38)23(37)18(36)15-41-27)29(2,3)20(33)8-9-21(34)32(31,7)28(35)39/h17-28,36-40H,8-16H2,1-7H3/t17-,18+,19-,20-,21-,22+,23-,24+,25+,26+,27-,28+,31-,32-,33-,34+,35+/m1/s1. The Bertz CT molecular complexity index is 1200. The van der Waals surface area contributed by atoms with Crippen LogP contribution in [0.3, 0.4) is 0 Å². The maximum absolute atomic E-state index is 12.7. The lowest BCUT2D eigenvalue weighted by Crippen LogP contribution is -2.61. The summed E-state index contributed by atoms with van der Waals surface area (Å²) < 4.78 is 25.8. The first-order chi connectivity index (χ1) is 20.4. The molecule has 3 heterocycles. The van der Waals surface area contributed by atoms with Crippen LogP contribution >= 0.6 is 0 Å². The van der Waals surface area contributed by atoms with Crippen molar-refractivity contribution in [3.8, 4) is 0 Å². The summed E-state index contributed by atoms with van der Waals surface area (Å²) in [6.45, 7) is 15.2. The summed E-state index contributed by atoms with van der Waals surface area (Å²) in [5, 5.41) is 54.5. The van der Waals surface area contributed by atoms with Gasteiger partial charge >= 0.3 is 0 Å². The van der Waals surface area contributed by atoms with Gasteiger partial charge in [-0.05, 0) is 105 Å². The minimum atomic E-state index is -1.28. The first-order valence-electron chi connectivity index (χ1n) is 17.5. The zero-order chi connectivity index (χ0) is 31.6. The van der Waals surface area contributed by atoms with Gasteiger partial charge in [-0.1, -0.05) is 34.6 Å².